The lowest BCUT2D eigenvalue weighted by atomic mass is 9.79. The van der Waals surface area contributed by atoms with Crippen LogP contribution in [0.4, 0.5) is 0 Å². The molecule has 3 N–H and O–H groups in total. The number of rotatable bonds is 0. The maximum atomic E-state index is 9.35. The lowest BCUT2D eigenvalue weighted by Crippen LogP contribution is -2.38. The number of aliphatic hydroxyl groups is 2. The summed E-state index contributed by atoms with van der Waals surface area (Å²) in [7, 11) is 0. The van der Waals surface area contributed by atoms with Crippen molar-refractivity contribution >= 4 is 0 Å². The summed E-state index contributed by atoms with van der Waals surface area (Å²) >= 11 is 0. The second-order valence-electron chi connectivity index (χ2n) is 3.78. The Morgan fingerprint density at radius 1 is 0.909 bits per heavy atom. The van der Waals surface area contributed by atoms with Crippen LogP contribution >= 0.6 is 0 Å². The molecule has 1 saturated heterocycles. The predicted molar refractivity (Wildman–Crippen MR) is 41.1 cm³/mol. The number of fused-ring (bicyclic) bond motifs is 1. The molecule has 0 unspecified atom stereocenters. The van der Waals surface area contributed by atoms with Crippen molar-refractivity contribution in [1.82, 2.24) is 5.32 Å². The third kappa shape index (κ3) is 1.28. The van der Waals surface area contributed by atoms with Crippen molar-refractivity contribution in [2.45, 2.75) is 25.0 Å². The average Bonchev–Trinajstić information content (AvgIpc) is 2.36. The van der Waals surface area contributed by atoms with E-state index >= 15 is 0 Å². The van der Waals surface area contributed by atoms with Crippen LogP contribution in [-0.4, -0.2) is 35.5 Å². The molecule has 0 radical (unpaired) electrons. The molecule has 0 aromatic carbocycles. The molecule has 1 saturated carbocycles. The fourth-order valence-electron chi connectivity index (χ4n) is 2.27. The van der Waals surface area contributed by atoms with Gasteiger partial charge in [0.1, 0.15) is 0 Å². The molecule has 2 rings (SSSR count). The summed E-state index contributed by atoms with van der Waals surface area (Å²) in [4.78, 5) is 0. The molecular formula is C8H15NO2. The van der Waals surface area contributed by atoms with Crippen molar-refractivity contribution in [2.24, 2.45) is 11.8 Å². The first-order valence-electron chi connectivity index (χ1n) is 4.34. The van der Waals surface area contributed by atoms with Crippen LogP contribution in [0.15, 0.2) is 0 Å². The van der Waals surface area contributed by atoms with Crippen LogP contribution in [0.5, 0.6) is 0 Å². The molecule has 0 spiro atoms. The molecular weight excluding hydrogens is 142 g/mol. The van der Waals surface area contributed by atoms with E-state index in [2.05, 4.69) is 5.32 Å². The average molecular weight is 157 g/mol. The van der Waals surface area contributed by atoms with E-state index < -0.39 is 12.2 Å². The largest absolute Gasteiger partial charge is 0.390 e. The Balaban J connectivity index is 2.00. The van der Waals surface area contributed by atoms with Crippen LogP contribution in [0.2, 0.25) is 0 Å². The van der Waals surface area contributed by atoms with E-state index in [1.165, 1.54) is 0 Å². The minimum absolute atomic E-state index is 0.476. The Morgan fingerprint density at radius 3 is 1.82 bits per heavy atom. The highest BCUT2D eigenvalue weighted by atomic mass is 16.3. The minimum atomic E-state index is -0.476. The Morgan fingerprint density at radius 2 is 1.36 bits per heavy atom. The molecule has 4 atom stereocenters. The molecule has 2 aliphatic rings. The Labute approximate surface area is 66.4 Å². The van der Waals surface area contributed by atoms with Crippen LogP contribution in [0.1, 0.15) is 12.8 Å². The van der Waals surface area contributed by atoms with Gasteiger partial charge in [0.15, 0.2) is 0 Å². The van der Waals surface area contributed by atoms with E-state index in [-0.39, 0.29) is 0 Å². The SMILES string of the molecule is O[C@H]1C[C@H]2CNC[C@H]2C[C@@H]1O. The molecule has 3 heteroatoms. The summed E-state index contributed by atoms with van der Waals surface area (Å²) < 4.78 is 0. The maximum Gasteiger partial charge on any atom is 0.0802 e. The monoisotopic (exact) mass is 157 g/mol. The first-order chi connectivity index (χ1) is 5.27. The number of hydrogen-bond donors (Lipinski definition) is 3. The van der Waals surface area contributed by atoms with Gasteiger partial charge in [-0.05, 0) is 37.8 Å². The van der Waals surface area contributed by atoms with Gasteiger partial charge < -0.3 is 15.5 Å². The molecule has 1 aliphatic carbocycles. The Bertz CT molecular complexity index is 135. The van der Waals surface area contributed by atoms with Gasteiger partial charge in [0.2, 0.25) is 0 Å². The summed E-state index contributed by atoms with van der Waals surface area (Å²) in [5.74, 6) is 1.21. The summed E-state index contributed by atoms with van der Waals surface area (Å²) in [5.41, 5.74) is 0. The third-order valence-electron chi connectivity index (χ3n) is 3.01. The predicted octanol–water partition coefficient (Wildman–Crippen LogP) is -0.662. The first-order valence-corrected chi connectivity index (χ1v) is 4.34. The molecule has 3 nitrogen and oxygen atoms in total. The van der Waals surface area contributed by atoms with Crippen molar-refractivity contribution in [2.75, 3.05) is 13.1 Å². The molecule has 0 bridgehead atoms. The molecule has 0 amide bonds. The topological polar surface area (TPSA) is 52.5 Å². The van der Waals surface area contributed by atoms with Gasteiger partial charge in [0.05, 0.1) is 12.2 Å². The van der Waals surface area contributed by atoms with E-state index in [4.69, 9.17) is 0 Å². The van der Waals surface area contributed by atoms with Crippen molar-refractivity contribution in [3.8, 4) is 0 Å². The van der Waals surface area contributed by atoms with Crippen molar-refractivity contribution in [3.05, 3.63) is 0 Å². The summed E-state index contributed by atoms with van der Waals surface area (Å²) in [5, 5.41) is 22.0. The van der Waals surface area contributed by atoms with E-state index in [0.717, 1.165) is 25.9 Å². The van der Waals surface area contributed by atoms with Gasteiger partial charge >= 0.3 is 0 Å². The second kappa shape index (κ2) is 2.73. The van der Waals surface area contributed by atoms with Gasteiger partial charge in [-0.15, -0.1) is 0 Å². The van der Waals surface area contributed by atoms with Crippen LogP contribution < -0.4 is 5.32 Å². The van der Waals surface area contributed by atoms with Crippen LogP contribution in [-0.2, 0) is 0 Å². The first kappa shape index (κ1) is 7.53. The van der Waals surface area contributed by atoms with E-state index in [1.807, 2.05) is 0 Å². The maximum absolute atomic E-state index is 9.35. The lowest BCUT2D eigenvalue weighted by Gasteiger charge is -2.32. The van der Waals surface area contributed by atoms with E-state index in [9.17, 15) is 10.2 Å². The highest BCUT2D eigenvalue weighted by molar-refractivity contribution is 4.91. The zero-order valence-electron chi connectivity index (χ0n) is 6.53. The fourth-order valence-corrected chi connectivity index (χ4v) is 2.27. The number of aliphatic hydroxyl groups excluding tert-OH is 2. The van der Waals surface area contributed by atoms with E-state index in [0.29, 0.717) is 11.8 Å². The Kier molecular flexibility index (Phi) is 1.87. The van der Waals surface area contributed by atoms with Crippen LogP contribution in [0, 0.1) is 11.8 Å². The smallest absolute Gasteiger partial charge is 0.0802 e. The zero-order chi connectivity index (χ0) is 7.84. The Hall–Kier alpha value is -0.120. The van der Waals surface area contributed by atoms with Gasteiger partial charge in [-0.25, -0.2) is 0 Å². The normalized spacial score (nSPS) is 50.7. The van der Waals surface area contributed by atoms with Gasteiger partial charge in [-0.2, -0.15) is 0 Å². The fraction of sp³-hybridized carbons (Fsp3) is 1.00. The molecule has 1 aliphatic heterocycles. The van der Waals surface area contributed by atoms with Gasteiger partial charge in [-0.1, -0.05) is 0 Å². The van der Waals surface area contributed by atoms with Gasteiger partial charge in [0, 0.05) is 0 Å². The van der Waals surface area contributed by atoms with Crippen molar-refractivity contribution < 1.29 is 10.2 Å². The number of hydrogen-bond acceptors (Lipinski definition) is 3. The zero-order valence-corrected chi connectivity index (χ0v) is 6.53. The quantitative estimate of drug-likeness (QED) is 0.437. The minimum Gasteiger partial charge on any atom is -0.390 e. The standard InChI is InChI=1S/C8H15NO2/c10-7-1-5-3-9-4-6(5)2-8(7)11/h5-11H,1-4H2/t5-,6+,7-,8-/m0/s1. The second-order valence-corrected chi connectivity index (χ2v) is 3.78. The lowest BCUT2D eigenvalue weighted by molar-refractivity contribution is -0.0372. The summed E-state index contributed by atoms with van der Waals surface area (Å²) in [6, 6.07) is 0. The van der Waals surface area contributed by atoms with Crippen LogP contribution in [0.3, 0.4) is 0 Å². The molecule has 0 aromatic rings. The van der Waals surface area contributed by atoms with Gasteiger partial charge in [-0.3, -0.25) is 0 Å². The molecule has 0 aromatic heterocycles. The number of nitrogens with one attached hydrogen (secondary N) is 1. The summed E-state index contributed by atoms with van der Waals surface area (Å²) in [6.07, 6.45) is 0.602. The molecule has 64 valence electrons. The highest BCUT2D eigenvalue weighted by Crippen LogP contribution is 2.32. The molecule has 1 heterocycles. The van der Waals surface area contributed by atoms with Crippen molar-refractivity contribution in [1.29, 1.82) is 0 Å². The highest BCUT2D eigenvalue weighted by Gasteiger charge is 2.37. The summed E-state index contributed by atoms with van der Waals surface area (Å²) in [6.45, 7) is 2.04. The van der Waals surface area contributed by atoms with Crippen molar-refractivity contribution in [3.63, 3.8) is 0 Å². The van der Waals surface area contributed by atoms with Crippen LogP contribution in [0.25, 0.3) is 0 Å². The molecule has 2 fully saturated rings. The van der Waals surface area contributed by atoms with Gasteiger partial charge in [0.25, 0.3) is 0 Å². The van der Waals surface area contributed by atoms with E-state index in [1.54, 1.807) is 0 Å². The third-order valence-corrected chi connectivity index (χ3v) is 3.01. The molecule has 11 heavy (non-hydrogen) atoms.